The van der Waals surface area contributed by atoms with Crippen molar-refractivity contribution in [2.75, 3.05) is 26.2 Å². The van der Waals surface area contributed by atoms with Gasteiger partial charge in [-0.3, -0.25) is 4.79 Å². The molecule has 0 aromatic carbocycles. The molecule has 1 aliphatic carbocycles. The lowest BCUT2D eigenvalue weighted by Gasteiger charge is -2.26. The van der Waals surface area contributed by atoms with Crippen LogP contribution in [0.5, 0.6) is 0 Å². The highest BCUT2D eigenvalue weighted by molar-refractivity contribution is 5.82. The Labute approximate surface area is 129 Å². The molecule has 1 amide bonds. The fraction of sp³-hybridized carbons (Fsp3) is 0.941. The van der Waals surface area contributed by atoms with E-state index in [0.717, 1.165) is 31.8 Å². The molecule has 2 N–H and O–H groups in total. The molecule has 3 fully saturated rings. The van der Waals surface area contributed by atoms with Crippen molar-refractivity contribution < 1.29 is 4.79 Å². The van der Waals surface area contributed by atoms with Gasteiger partial charge in [0.1, 0.15) is 0 Å². The lowest BCUT2D eigenvalue weighted by atomic mass is 9.85. The third-order valence-electron chi connectivity index (χ3n) is 5.58. The fourth-order valence-corrected chi connectivity index (χ4v) is 4.34. The number of nitrogens with one attached hydrogen (secondary N) is 2. The van der Waals surface area contributed by atoms with Crippen molar-refractivity contribution >= 4 is 5.91 Å². The van der Waals surface area contributed by atoms with Gasteiger partial charge >= 0.3 is 0 Å². The van der Waals surface area contributed by atoms with E-state index in [4.69, 9.17) is 0 Å². The van der Waals surface area contributed by atoms with Crippen LogP contribution < -0.4 is 10.6 Å². The summed E-state index contributed by atoms with van der Waals surface area (Å²) in [6, 6.07) is 0.691. The van der Waals surface area contributed by atoms with Gasteiger partial charge in [0.05, 0.1) is 6.04 Å². The van der Waals surface area contributed by atoms with Crippen LogP contribution in [0.25, 0.3) is 0 Å². The highest BCUT2D eigenvalue weighted by Gasteiger charge is 2.37. The normalized spacial score (nSPS) is 33.6. The molecule has 4 nitrogen and oxygen atoms in total. The van der Waals surface area contributed by atoms with Gasteiger partial charge in [0, 0.05) is 12.6 Å². The first-order chi connectivity index (χ1) is 10.3. The predicted molar refractivity (Wildman–Crippen MR) is 85.2 cm³/mol. The molecular formula is C17H31N3O. The van der Waals surface area contributed by atoms with Crippen LogP contribution in [0.1, 0.15) is 57.8 Å². The molecule has 0 aromatic rings. The van der Waals surface area contributed by atoms with Gasteiger partial charge in [-0.25, -0.2) is 0 Å². The van der Waals surface area contributed by atoms with Gasteiger partial charge < -0.3 is 15.5 Å². The van der Waals surface area contributed by atoms with Gasteiger partial charge in [-0.05, 0) is 64.1 Å². The number of hydrogen-bond donors (Lipinski definition) is 2. The lowest BCUT2D eigenvalue weighted by molar-refractivity contribution is -0.122. The molecule has 3 atom stereocenters. The lowest BCUT2D eigenvalue weighted by Crippen LogP contribution is -2.43. The Bertz CT molecular complexity index is 327. The molecule has 0 radical (unpaired) electrons. The topological polar surface area (TPSA) is 44.4 Å². The molecule has 0 spiro atoms. The number of fused-ring (bicyclic) bond motifs is 1. The van der Waals surface area contributed by atoms with Crippen LogP contribution in [-0.2, 0) is 4.79 Å². The maximum atomic E-state index is 12.3. The van der Waals surface area contributed by atoms with Crippen LogP contribution in [0.4, 0.5) is 0 Å². The molecule has 2 saturated heterocycles. The Morgan fingerprint density at radius 2 is 1.90 bits per heavy atom. The van der Waals surface area contributed by atoms with E-state index in [1.54, 1.807) is 0 Å². The molecule has 0 bridgehead atoms. The summed E-state index contributed by atoms with van der Waals surface area (Å²) in [6.07, 6.45) is 11.5. The van der Waals surface area contributed by atoms with Gasteiger partial charge in [0.25, 0.3) is 0 Å². The first-order valence-electron chi connectivity index (χ1n) is 9.09. The second kappa shape index (κ2) is 7.59. The Morgan fingerprint density at radius 1 is 1.10 bits per heavy atom. The van der Waals surface area contributed by atoms with Crippen molar-refractivity contribution in [2.24, 2.45) is 5.92 Å². The molecule has 1 saturated carbocycles. The summed E-state index contributed by atoms with van der Waals surface area (Å²) in [5.41, 5.74) is 0. The minimum Gasteiger partial charge on any atom is -0.355 e. The molecule has 120 valence electrons. The van der Waals surface area contributed by atoms with Crippen LogP contribution in [0.15, 0.2) is 0 Å². The van der Waals surface area contributed by atoms with Crippen molar-refractivity contribution in [3.8, 4) is 0 Å². The number of likely N-dealkylation sites (tertiary alicyclic amines) is 1. The summed E-state index contributed by atoms with van der Waals surface area (Å²) >= 11 is 0. The average Bonchev–Trinajstić information content (AvgIpc) is 2.96. The number of hydrogen-bond acceptors (Lipinski definition) is 3. The first-order valence-corrected chi connectivity index (χ1v) is 9.09. The molecule has 4 heteroatoms. The number of amides is 1. The fourth-order valence-electron chi connectivity index (χ4n) is 4.34. The smallest absolute Gasteiger partial charge is 0.237 e. The van der Waals surface area contributed by atoms with E-state index in [1.807, 2.05) is 0 Å². The number of carbonyl (C=O) groups is 1. The summed E-state index contributed by atoms with van der Waals surface area (Å²) in [5.74, 6) is 0.992. The Morgan fingerprint density at radius 3 is 2.71 bits per heavy atom. The van der Waals surface area contributed by atoms with Gasteiger partial charge in [0.15, 0.2) is 0 Å². The number of piperidine rings is 1. The van der Waals surface area contributed by atoms with Gasteiger partial charge in [0.2, 0.25) is 5.91 Å². The van der Waals surface area contributed by atoms with Crippen molar-refractivity contribution in [3.63, 3.8) is 0 Å². The second-order valence-electron chi connectivity index (χ2n) is 7.15. The van der Waals surface area contributed by atoms with E-state index in [1.165, 1.54) is 58.0 Å². The zero-order valence-corrected chi connectivity index (χ0v) is 13.3. The number of rotatable bonds is 5. The summed E-state index contributed by atoms with van der Waals surface area (Å²) in [5, 5.41) is 6.71. The van der Waals surface area contributed by atoms with Crippen LogP contribution in [0.2, 0.25) is 0 Å². The number of nitrogens with zero attached hydrogens (tertiary/aromatic N) is 1. The molecule has 0 aromatic heterocycles. The summed E-state index contributed by atoms with van der Waals surface area (Å²) < 4.78 is 0. The van der Waals surface area contributed by atoms with E-state index in [9.17, 15) is 4.79 Å². The SMILES string of the molecule is O=C(NCCCN1CCCCC1)C1CC2CCCCC2N1. The molecule has 2 aliphatic heterocycles. The van der Waals surface area contributed by atoms with Crippen molar-refractivity contribution in [3.05, 3.63) is 0 Å². The summed E-state index contributed by atoms with van der Waals surface area (Å²) in [6.45, 7) is 4.48. The molecular weight excluding hydrogens is 262 g/mol. The van der Waals surface area contributed by atoms with E-state index in [2.05, 4.69) is 15.5 Å². The van der Waals surface area contributed by atoms with Gasteiger partial charge in [-0.1, -0.05) is 19.3 Å². The highest BCUT2D eigenvalue weighted by Crippen LogP contribution is 2.33. The Balaban J connectivity index is 1.31. The third-order valence-corrected chi connectivity index (χ3v) is 5.58. The quantitative estimate of drug-likeness (QED) is 0.761. The van der Waals surface area contributed by atoms with Crippen LogP contribution in [0, 0.1) is 5.92 Å². The minimum absolute atomic E-state index is 0.0769. The highest BCUT2D eigenvalue weighted by atomic mass is 16.2. The standard InChI is InChI=1S/C17H31N3O/c21-17(16-13-14-7-2-3-8-15(14)19-16)18-9-6-12-20-10-4-1-5-11-20/h14-16,19H,1-13H2,(H,18,21). The van der Waals surface area contributed by atoms with Gasteiger partial charge in [-0.2, -0.15) is 0 Å². The van der Waals surface area contributed by atoms with Gasteiger partial charge in [-0.15, -0.1) is 0 Å². The third kappa shape index (κ3) is 4.19. The maximum absolute atomic E-state index is 12.3. The zero-order chi connectivity index (χ0) is 14.5. The average molecular weight is 293 g/mol. The molecule has 21 heavy (non-hydrogen) atoms. The Kier molecular flexibility index (Phi) is 5.53. The minimum atomic E-state index is 0.0769. The second-order valence-corrected chi connectivity index (χ2v) is 7.15. The van der Waals surface area contributed by atoms with Crippen LogP contribution >= 0.6 is 0 Å². The zero-order valence-electron chi connectivity index (χ0n) is 13.3. The van der Waals surface area contributed by atoms with Crippen LogP contribution in [0.3, 0.4) is 0 Å². The van der Waals surface area contributed by atoms with Crippen molar-refractivity contribution in [2.45, 2.75) is 69.9 Å². The largest absolute Gasteiger partial charge is 0.355 e. The van der Waals surface area contributed by atoms with E-state index in [0.29, 0.717) is 6.04 Å². The monoisotopic (exact) mass is 293 g/mol. The van der Waals surface area contributed by atoms with Crippen LogP contribution in [-0.4, -0.2) is 49.1 Å². The summed E-state index contributed by atoms with van der Waals surface area (Å²) in [4.78, 5) is 14.8. The Hall–Kier alpha value is -0.610. The van der Waals surface area contributed by atoms with E-state index >= 15 is 0 Å². The van der Waals surface area contributed by atoms with Crippen molar-refractivity contribution in [1.29, 1.82) is 0 Å². The number of carbonyl (C=O) groups excluding carboxylic acids is 1. The molecule has 3 unspecified atom stereocenters. The maximum Gasteiger partial charge on any atom is 0.237 e. The van der Waals surface area contributed by atoms with E-state index < -0.39 is 0 Å². The summed E-state index contributed by atoms with van der Waals surface area (Å²) in [7, 11) is 0. The first kappa shape index (κ1) is 15.3. The molecule has 3 aliphatic rings. The molecule has 2 heterocycles. The van der Waals surface area contributed by atoms with Crippen molar-refractivity contribution in [1.82, 2.24) is 15.5 Å². The predicted octanol–water partition coefficient (Wildman–Crippen LogP) is 1.90. The molecule has 3 rings (SSSR count). The van der Waals surface area contributed by atoms with E-state index in [-0.39, 0.29) is 11.9 Å².